The van der Waals surface area contributed by atoms with E-state index < -0.39 is 30.7 Å². The Morgan fingerprint density at radius 3 is 2.58 bits per heavy atom. The molecule has 1 amide bonds. The largest absolute Gasteiger partial charge is 0.390 e. The highest BCUT2D eigenvalue weighted by Crippen LogP contribution is 2.28. The van der Waals surface area contributed by atoms with Crippen molar-refractivity contribution in [2.75, 3.05) is 11.9 Å². The summed E-state index contributed by atoms with van der Waals surface area (Å²) in [5.74, 6) is -1.37. The van der Waals surface area contributed by atoms with Crippen molar-refractivity contribution in [3.63, 3.8) is 0 Å². The minimum Gasteiger partial charge on any atom is -0.382 e. The number of fused-ring (bicyclic) bond motifs is 1. The first-order chi connectivity index (χ1) is 18.1. The summed E-state index contributed by atoms with van der Waals surface area (Å²) in [6.45, 7) is 1.36. The van der Waals surface area contributed by atoms with Gasteiger partial charge in [0.15, 0.2) is 5.65 Å². The first-order valence-corrected chi connectivity index (χ1v) is 12.0. The normalized spacial score (nSPS) is 13.5. The lowest BCUT2D eigenvalue weighted by atomic mass is 10.0. The predicted octanol–water partition coefficient (Wildman–Crippen LogP) is 5.33. The zero-order valence-corrected chi connectivity index (χ0v) is 20.3. The molecule has 0 aliphatic heterocycles. The fourth-order valence-electron chi connectivity index (χ4n) is 4.09. The number of nitrogens with zero attached hydrogens (tertiary/aromatic N) is 3. The van der Waals surface area contributed by atoms with Crippen molar-refractivity contribution in [3.05, 3.63) is 82.9 Å². The number of rotatable bonds is 8. The maximum atomic E-state index is 13.8. The minimum atomic E-state index is -4.37. The number of imidazole rings is 1. The lowest BCUT2D eigenvalue weighted by Gasteiger charge is -2.12. The van der Waals surface area contributed by atoms with Gasteiger partial charge in [0.1, 0.15) is 11.5 Å². The molecule has 11 heteroatoms. The van der Waals surface area contributed by atoms with E-state index in [4.69, 9.17) is 0 Å². The van der Waals surface area contributed by atoms with Gasteiger partial charge in [-0.1, -0.05) is 18.2 Å². The van der Waals surface area contributed by atoms with Gasteiger partial charge in [-0.25, -0.2) is 13.9 Å². The SMILES string of the molecule is Cc1cc(-c2cnc3c(NCCC(F)(F)F)cc(C(=O)c4cccc(F)c4)nn23)ccc1C(=O)NC1CC1. The van der Waals surface area contributed by atoms with Crippen LogP contribution in [-0.4, -0.2) is 45.1 Å². The van der Waals surface area contributed by atoms with Crippen LogP contribution in [0.4, 0.5) is 23.2 Å². The van der Waals surface area contributed by atoms with E-state index in [1.807, 2.05) is 0 Å². The average Bonchev–Trinajstić information content (AvgIpc) is 3.57. The molecule has 1 aliphatic rings. The molecule has 0 saturated heterocycles. The number of anilines is 1. The van der Waals surface area contributed by atoms with Crippen molar-refractivity contribution < 1.29 is 27.2 Å². The average molecular weight is 526 g/mol. The van der Waals surface area contributed by atoms with Gasteiger partial charge >= 0.3 is 6.18 Å². The fourth-order valence-corrected chi connectivity index (χ4v) is 4.09. The molecule has 0 spiro atoms. The van der Waals surface area contributed by atoms with Crippen molar-refractivity contribution in [2.45, 2.75) is 38.4 Å². The number of nitrogens with one attached hydrogen (secondary N) is 2. The number of aromatic nitrogens is 3. The van der Waals surface area contributed by atoms with Crippen molar-refractivity contribution in [3.8, 4) is 11.3 Å². The summed E-state index contributed by atoms with van der Waals surface area (Å²) in [6, 6.07) is 11.8. The smallest absolute Gasteiger partial charge is 0.382 e. The first kappa shape index (κ1) is 25.4. The molecular formula is C27H23F4N5O2. The molecule has 0 unspecified atom stereocenters. The van der Waals surface area contributed by atoms with E-state index in [0.29, 0.717) is 22.4 Å². The van der Waals surface area contributed by atoms with Crippen LogP contribution in [0, 0.1) is 12.7 Å². The second-order valence-corrected chi connectivity index (χ2v) is 9.23. The number of aryl methyl sites for hydroxylation is 1. The number of halogens is 4. The Hall–Kier alpha value is -4.28. The molecular weight excluding hydrogens is 502 g/mol. The summed E-state index contributed by atoms with van der Waals surface area (Å²) in [6.07, 6.45) is -2.04. The van der Waals surface area contributed by atoms with Gasteiger partial charge in [-0.05, 0) is 55.7 Å². The Labute approximate surface area is 214 Å². The second kappa shape index (κ2) is 9.88. The van der Waals surface area contributed by atoms with Crippen LogP contribution in [0.25, 0.3) is 16.9 Å². The Bertz CT molecular complexity index is 1540. The Morgan fingerprint density at radius 1 is 1.11 bits per heavy atom. The zero-order chi connectivity index (χ0) is 27.0. The summed E-state index contributed by atoms with van der Waals surface area (Å²) in [7, 11) is 0. The van der Waals surface area contributed by atoms with E-state index in [1.54, 1.807) is 25.1 Å². The quantitative estimate of drug-likeness (QED) is 0.240. The molecule has 2 N–H and O–H groups in total. The van der Waals surface area contributed by atoms with Crippen molar-refractivity contribution in [1.29, 1.82) is 0 Å². The topological polar surface area (TPSA) is 88.4 Å². The third kappa shape index (κ3) is 5.51. The summed E-state index contributed by atoms with van der Waals surface area (Å²) in [5, 5.41) is 10.1. The van der Waals surface area contributed by atoms with Gasteiger partial charge in [0.2, 0.25) is 5.78 Å². The Balaban J connectivity index is 1.55. The number of hydrogen-bond acceptors (Lipinski definition) is 5. The molecule has 38 heavy (non-hydrogen) atoms. The third-order valence-corrected chi connectivity index (χ3v) is 6.19. The maximum absolute atomic E-state index is 13.8. The summed E-state index contributed by atoms with van der Waals surface area (Å²) in [4.78, 5) is 30.0. The molecule has 7 nitrogen and oxygen atoms in total. The molecule has 1 fully saturated rings. The van der Waals surface area contributed by atoms with E-state index in [2.05, 4.69) is 20.7 Å². The van der Waals surface area contributed by atoms with E-state index >= 15 is 0 Å². The number of amides is 1. The van der Waals surface area contributed by atoms with E-state index in [1.165, 1.54) is 35.0 Å². The number of alkyl halides is 3. The summed E-state index contributed by atoms with van der Waals surface area (Å²) in [5.41, 5.74) is 2.67. The first-order valence-electron chi connectivity index (χ1n) is 12.0. The van der Waals surface area contributed by atoms with E-state index in [9.17, 15) is 27.2 Å². The molecule has 4 aromatic rings. The molecule has 0 bridgehead atoms. The van der Waals surface area contributed by atoms with Crippen LogP contribution in [-0.2, 0) is 0 Å². The molecule has 2 aromatic carbocycles. The molecule has 2 aromatic heterocycles. The number of ketones is 1. The Morgan fingerprint density at radius 2 is 1.89 bits per heavy atom. The van der Waals surface area contributed by atoms with Gasteiger partial charge in [-0.15, -0.1) is 0 Å². The van der Waals surface area contributed by atoms with Crippen LogP contribution in [0.3, 0.4) is 0 Å². The number of hydrogen-bond donors (Lipinski definition) is 2. The molecule has 5 rings (SSSR count). The van der Waals surface area contributed by atoms with Gasteiger partial charge < -0.3 is 10.6 Å². The van der Waals surface area contributed by atoms with Crippen LogP contribution in [0.5, 0.6) is 0 Å². The van der Waals surface area contributed by atoms with Crippen LogP contribution >= 0.6 is 0 Å². The molecule has 196 valence electrons. The lowest BCUT2D eigenvalue weighted by molar-refractivity contribution is -0.131. The molecule has 1 aliphatic carbocycles. The highest BCUT2D eigenvalue weighted by Gasteiger charge is 2.27. The third-order valence-electron chi connectivity index (χ3n) is 6.19. The highest BCUT2D eigenvalue weighted by atomic mass is 19.4. The molecule has 1 saturated carbocycles. The summed E-state index contributed by atoms with van der Waals surface area (Å²) < 4.78 is 53.4. The van der Waals surface area contributed by atoms with Gasteiger partial charge in [-0.3, -0.25) is 9.59 Å². The predicted molar refractivity (Wildman–Crippen MR) is 133 cm³/mol. The van der Waals surface area contributed by atoms with Crippen molar-refractivity contribution in [1.82, 2.24) is 19.9 Å². The molecule has 0 atom stereocenters. The zero-order valence-electron chi connectivity index (χ0n) is 20.3. The van der Waals surface area contributed by atoms with Crippen LogP contribution in [0.15, 0.2) is 54.7 Å². The van der Waals surface area contributed by atoms with Gasteiger partial charge in [0.05, 0.1) is 24.0 Å². The van der Waals surface area contributed by atoms with E-state index in [-0.39, 0.29) is 34.5 Å². The van der Waals surface area contributed by atoms with Gasteiger partial charge in [0.25, 0.3) is 5.91 Å². The summed E-state index contributed by atoms with van der Waals surface area (Å²) >= 11 is 0. The molecule has 2 heterocycles. The van der Waals surface area contributed by atoms with Crippen molar-refractivity contribution in [2.24, 2.45) is 0 Å². The van der Waals surface area contributed by atoms with Crippen LogP contribution in [0.1, 0.15) is 51.2 Å². The second-order valence-electron chi connectivity index (χ2n) is 9.23. The monoisotopic (exact) mass is 525 g/mol. The van der Waals surface area contributed by atoms with Crippen LogP contribution < -0.4 is 10.6 Å². The van der Waals surface area contributed by atoms with Gasteiger partial charge in [0, 0.05) is 29.3 Å². The maximum Gasteiger partial charge on any atom is 0.390 e. The minimum absolute atomic E-state index is 0.0432. The molecule has 0 radical (unpaired) electrons. The van der Waals surface area contributed by atoms with E-state index in [0.717, 1.165) is 18.9 Å². The fraction of sp³-hybridized carbons (Fsp3) is 0.259. The lowest BCUT2D eigenvalue weighted by Crippen LogP contribution is -2.26. The standard InChI is InChI=1S/C27H23F4N5O2/c1-15-11-16(5-8-20(15)26(38)34-19-6-7-19)23-14-33-25-22(32-10-9-27(29,30)31)13-21(35-36(23)25)24(37)17-3-2-4-18(28)12-17/h2-5,8,11-14,19,32H,6-7,9-10H2,1H3,(H,34,38). The van der Waals surface area contributed by atoms with Crippen molar-refractivity contribution >= 4 is 23.0 Å². The van der Waals surface area contributed by atoms with Gasteiger partial charge in [-0.2, -0.15) is 18.3 Å². The number of benzene rings is 2. The number of carbonyl (C=O) groups is 2. The number of carbonyl (C=O) groups excluding carboxylic acids is 2. The van der Waals surface area contributed by atoms with Crippen LogP contribution in [0.2, 0.25) is 0 Å². The Kier molecular flexibility index (Phi) is 6.60. The highest BCUT2D eigenvalue weighted by molar-refractivity contribution is 6.08.